The monoisotopic (exact) mass is 467 g/mol. The van der Waals surface area contributed by atoms with Gasteiger partial charge in [0, 0.05) is 25.6 Å². The molecule has 4 nitrogen and oxygen atoms in total. The van der Waals surface area contributed by atoms with Crippen LogP contribution in [0.25, 0.3) is 0 Å². The molecular weight excluding hydrogens is 420 g/mol. The van der Waals surface area contributed by atoms with Crippen LogP contribution in [0.3, 0.4) is 0 Å². The minimum absolute atomic E-state index is 0.0900. The molecule has 0 bridgehead atoms. The molecule has 0 unspecified atom stereocenters. The van der Waals surface area contributed by atoms with Crippen molar-refractivity contribution in [1.29, 1.82) is 0 Å². The number of amides is 1. The van der Waals surface area contributed by atoms with Crippen LogP contribution in [0, 0.1) is 6.92 Å². The van der Waals surface area contributed by atoms with Gasteiger partial charge in [0.25, 0.3) is 0 Å². The molecule has 0 saturated carbocycles. The number of hydrogen-bond donors (Lipinski definition) is 0. The fourth-order valence-corrected chi connectivity index (χ4v) is 4.36. The Kier molecular flexibility index (Phi) is 13.4. The predicted molar refractivity (Wildman–Crippen MR) is 141 cm³/mol. The van der Waals surface area contributed by atoms with Crippen LogP contribution in [0.15, 0.2) is 42.6 Å². The summed E-state index contributed by atoms with van der Waals surface area (Å²) in [6.45, 7) is 11.0. The van der Waals surface area contributed by atoms with Crippen LogP contribution in [0.1, 0.15) is 102 Å². The summed E-state index contributed by atoms with van der Waals surface area (Å²) in [7, 11) is 0. The van der Waals surface area contributed by atoms with Crippen LogP contribution in [-0.4, -0.2) is 17.4 Å². The maximum Gasteiger partial charge on any atom is 0.220 e. The quantitative estimate of drug-likeness (QED) is 0.183. The molecule has 2 aromatic rings. The van der Waals surface area contributed by atoms with E-state index in [1.165, 1.54) is 68.9 Å². The first-order chi connectivity index (χ1) is 16.5. The second kappa shape index (κ2) is 16.3. The van der Waals surface area contributed by atoms with E-state index in [9.17, 15) is 4.79 Å². The molecule has 1 aromatic heterocycles. The van der Waals surface area contributed by atoms with E-state index in [-0.39, 0.29) is 5.91 Å². The van der Waals surface area contributed by atoms with Gasteiger partial charge in [-0.05, 0) is 43.5 Å². The van der Waals surface area contributed by atoms with Gasteiger partial charge in [-0.2, -0.15) is 0 Å². The van der Waals surface area contributed by atoms with Crippen molar-refractivity contribution in [2.75, 3.05) is 6.61 Å². The molecule has 0 aliphatic rings. The third-order valence-electron chi connectivity index (χ3n) is 6.62. The van der Waals surface area contributed by atoms with E-state index < -0.39 is 0 Å². The number of ether oxygens (including phenoxy) is 1. The molecule has 1 heterocycles. The third kappa shape index (κ3) is 10.3. The SMILES string of the molecule is CCCCCCCCCCCCOc1ccc(CN(Cc2cccc[n+]2CC)C(C)=O)c(C)c1. The molecule has 0 aliphatic carbocycles. The summed E-state index contributed by atoms with van der Waals surface area (Å²) in [5.74, 6) is 1.02. The Morgan fingerprint density at radius 1 is 0.882 bits per heavy atom. The van der Waals surface area contributed by atoms with Gasteiger partial charge >= 0.3 is 0 Å². The molecular formula is C30H47N2O2+. The second-order valence-electron chi connectivity index (χ2n) is 9.47. The Morgan fingerprint density at radius 3 is 2.18 bits per heavy atom. The summed E-state index contributed by atoms with van der Waals surface area (Å²) >= 11 is 0. The molecule has 0 aliphatic heterocycles. The first-order valence-electron chi connectivity index (χ1n) is 13.5. The standard InChI is InChI=1S/C30H47N2O2/c1-5-7-8-9-10-11-12-13-14-17-22-34-30-20-19-28(26(3)23-30)24-32(27(4)33)25-29-18-15-16-21-31(29)6-2/h15-16,18-21,23H,5-14,17,22,24-25H2,1-4H3/q+1. The zero-order valence-corrected chi connectivity index (χ0v) is 22.2. The number of aryl methyl sites for hydroxylation is 2. The van der Waals surface area contributed by atoms with E-state index in [2.05, 4.69) is 49.7 Å². The number of hydrogen-bond acceptors (Lipinski definition) is 2. The number of carbonyl (C=O) groups excluding carboxylic acids is 1. The minimum atomic E-state index is 0.0900. The molecule has 0 fully saturated rings. The number of rotatable bonds is 17. The number of aromatic nitrogens is 1. The van der Waals surface area contributed by atoms with Gasteiger partial charge < -0.3 is 9.64 Å². The fourth-order valence-electron chi connectivity index (χ4n) is 4.36. The van der Waals surface area contributed by atoms with E-state index >= 15 is 0 Å². The summed E-state index contributed by atoms with van der Waals surface area (Å²) < 4.78 is 8.20. The lowest BCUT2D eigenvalue weighted by atomic mass is 10.1. The van der Waals surface area contributed by atoms with Crippen molar-refractivity contribution in [2.45, 2.75) is 112 Å². The zero-order valence-electron chi connectivity index (χ0n) is 22.2. The van der Waals surface area contributed by atoms with Gasteiger partial charge in [0.2, 0.25) is 11.6 Å². The Morgan fingerprint density at radius 2 is 1.56 bits per heavy atom. The Bertz CT molecular complexity index is 849. The van der Waals surface area contributed by atoms with Crippen molar-refractivity contribution in [3.05, 3.63) is 59.4 Å². The molecule has 0 N–H and O–H groups in total. The van der Waals surface area contributed by atoms with Crippen LogP contribution in [-0.2, 0) is 24.4 Å². The first-order valence-corrected chi connectivity index (χ1v) is 13.5. The van der Waals surface area contributed by atoms with Crippen molar-refractivity contribution in [3.63, 3.8) is 0 Å². The normalized spacial score (nSPS) is 10.9. The van der Waals surface area contributed by atoms with E-state index in [4.69, 9.17) is 4.74 Å². The molecule has 4 heteroatoms. The van der Waals surface area contributed by atoms with Crippen LogP contribution in [0.2, 0.25) is 0 Å². The maximum atomic E-state index is 12.4. The second-order valence-corrected chi connectivity index (χ2v) is 9.47. The smallest absolute Gasteiger partial charge is 0.220 e. The number of unbranched alkanes of at least 4 members (excludes halogenated alkanes) is 9. The summed E-state index contributed by atoms with van der Waals surface area (Å²) in [6.07, 6.45) is 15.4. The van der Waals surface area contributed by atoms with E-state index in [0.29, 0.717) is 13.1 Å². The molecule has 1 amide bonds. The first kappa shape index (κ1) is 27.9. The van der Waals surface area contributed by atoms with Gasteiger partial charge in [-0.15, -0.1) is 0 Å². The highest BCUT2D eigenvalue weighted by atomic mass is 16.5. The highest BCUT2D eigenvalue weighted by Gasteiger charge is 2.17. The molecule has 1 aromatic carbocycles. The number of nitrogens with zero attached hydrogens (tertiary/aromatic N) is 2. The molecule has 2 rings (SSSR count). The Hall–Kier alpha value is -2.36. The third-order valence-corrected chi connectivity index (χ3v) is 6.62. The summed E-state index contributed by atoms with van der Waals surface area (Å²) in [5.41, 5.74) is 3.48. The van der Waals surface area contributed by atoms with Gasteiger partial charge in [-0.1, -0.05) is 76.8 Å². The van der Waals surface area contributed by atoms with E-state index in [1.807, 2.05) is 23.1 Å². The average Bonchev–Trinajstić information content (AvgIpc) is 2.83. The summed E-state index contributed by atoms with van der Waals surface area (Å²) in [5, 5.41) is 0. The molecule has 0 atom stereocenters. The van der Waals surface area contributed by atoms with Crippen LogP contribution in [0.5, 0.6) is 5.75 Å². The van der Waals surface area contributed by atoms with E-state index in [0.717, 1.165) is 31.0 Å². The van der Waals surface area contributed by atoms with Crippen molar-refractivity contribution in [1.82, 2.24) is 4.90 Å². The van der Waals surface area contributed by atoms with Crippen LogP contribution in [0.4, 0.5) is 0 Å². The fraction of sp³-hybridized carbons (Fsp3) is 0.600. The number of pyridine rings is 1. The largest absolute Gasteiger partial charge is 0.494 e. The summed E-state index contributed by atoms with van der Waals surface area (Å²) in [4.78, 5) is 14.3. The van der Waals surface area contributed by atoms with Crippen molar-refractivity contribution >= 4 is 5.91 Å². The summed E-state index contributed by atoms with van der Waals surface area (Å²) in [6, 6.07) is 12.4. The highest BCUT2D eigenvalue weighted by molar-refractivity contribution is 5.73. The number of carbonyl (C=O) groups is 1. The van der Waals surface area contributed by atoms with Crippen LogP contribution < -0.4 is 9.30 Å². The van der Waals surface area contributed by atoms with Crippen LogP contribution >= 0.6 is 0 Å². The van der Waals surface area contributed by atoms with Crippen molar-refractivity contribution in [3.8, 4) is 5.75 Å². The Labute approximate surface area is 208 Å². The van der Waals surface area contributed by atoms with Crippen molar-refractivity contribution < 1.29 is 14.1 Å². The zero-order chi connectivity index (χ0) is 24.6. The van der Waals surface area contributed by atoms with Gasteiger partial charge in [0.15, 0.2) is 6.20 Å². The molecule has 0 saturated heterocycles. The molecule has 0 spiro atoms. The molecule has 188 valence electrons. The van der Waals surface area contributed by atoms with Gasteiger partial charge in [0.05, 0.1) is 6.61 Å². The van der Waals surface area contributed by atoms with Gasteiger partial charge in [0.1, 0.15) is 18.8 Å². The topological polar surface area (TPSA) is 33.4 Å². The maximum absolute atomic E-state index is 12.4. The lowest BCUT2D eigenvalue weighted by Gasteiger charge is -2.21. The highest BCUT2D eigenvalue weighted by Crippen LogP contribution is 2.20. The van der Waals surface area contributed by atoms with Crippen molar-refractivity contribution in [2.24, 2.45) is 0 Å². The van der Waals surface area contributed by atoms with Gasteiger partial charge in [-0.3, -0.25) is 4.79 Å². The Balaban J connectivity index is 1.74. The minimum Gasteiger partial charge on any atom is -0.494 e. The lowest BCUT2D eigenvalue weighted by Crippen LogP contribution is -2.40. The number of benzene rings is 1. The van der Waals surface area contributed by atoms with Gasteiger partial charge in [-0.25, -0.2) is 4.57 Å². The van der Waals surface area contributed by atoms with E-state index in [1.54, 1.807) is 6.92 Å². The molecule has 34 heavy (non-hydrogen) atoms. The lowest BCUT2D eigenvalue weighted by molar-refractivity contribution is -0.701. The average molecular weight is 468 g/mol. The predicted octanol–water partition coefficient (Wildman–Crippen LogP) is 7.15. The molecule has 0 radical (unpaired) electrons.